The molecule has 1 heterocycles. The molecule has 4 heteroatoms. The fraction of sp³-hybridized carbons (Fsp3) is 0.600. The van der Waals surface area contributed by atoms with E-state index in [2.05, 4.69) is 32.7 Å². The number of hydrogen-bond donors (Lipinski definition) is 1. The van der Waals surface area contributed by atoms with Gasteiger partial charge in [0.2, 0.25) is 0 Å². The van der Waals surface area contributed by atoms with Crippen LogP contribution in [0, 0.1) is 0 Å². The van der Waals surface area contributed by atoms with Crippen molar-refractivity contribution in [3.8, 4) is 0 Å². The maximum Gasteiger partial charge on any atom is 0.0300 e. The third-order valence-corrected chi connectivity index (χ3v) is 3.87. The van der Waals surface area contributed by atoms with Crippen molar-refractivity contribution >= 4 is 38.9 Å². The Hall–Kier alpha value is 0.430. The minimum Gasteiger partial charge on any atom is -0.312 e. The lowest BCUT2D eigenvalue weighted by molar-refractivity contribution is 0.621. The van der Waals surface area contributed by atoms with Crippen LogP contribution in [0.2, 0.25) is 0 Å². The molecule has 80 valence electrons. The van der Waals surface area contributed by atoms with E-state index >= 15 is 0 Å². The molecule has 1 rings (SSSR count). The van der Waals surface area contributed by atoms with Gasteiger partial charge in [-0.3, -0.25) is 0 Å². The summed E-state index contributed by atoms with van der Waals surface area (Å²) < 4.78 is 1.18. The van der Waals surface area contributed by atoms with Crippen LogP contribution in [0.1, 0.15) is 24.1 Å². The molecule has 0 aliphatic rings. The van der Waals surface area contributed by atoms with E-state index in [1.165, 1.54) is 22.2 Å². The molecule has 0 bridgehead atoms. The number of hydrogen-bond acceptors (Lipinski definition) is 2. The number of thiophene rings is 1. The Kier molecular flexibility index (Phi) is 6.86. The Morgan fingerprint density at radius 1 is 1.36 bits per heavy atom. The third-order valence-electron chi connectivity index (χ3n) is 1.91. The molecule has 1 nitrogen and oxygen atoms in total. The van der Waals surface area contributed by atoms with Crippen molar-refractivity contribution in [2.45, 2.75) is 25.8 Å². The lowest BCUT2D eigenvalue weighted by Gasteiger charge is -2.01. The summed E-state index contributed by atoms with van der Waals surface area (Å²) in [5, 5.41) is 5.54. The van der Waals surface area contributed by atoms with Gasteiger partial charge >= 0.3 is 0 Å². The average Bonchev–Trinajstić information content (AvgIpc) is 2.58. The van der Waals surface area contributed by atoms with E-state index in [1.54, 1.807) is 11.3 Å². The van der Waals surface area contributed by atoms with E-state index < -0.39 is 0 Å². The highest BCUT2D eigenvalue weighted by atomic mass is 79.9. The van der Waals surface area contributed by atoms with Crippen molar-refractivity contribution in [1.29, 1.82) is 0 Å². The van der Waals surface area contributed by atoms with Gasteiger partial charge in [-0.25, -0.2) is 0 Å². The molecule has 0 saturated heterocycles. The molecule has 0 atom stereocenters. The quantitative estimate of drug-likeness (QED) is 0.592. The van der Waals surface area contributed by atoms with Gasteiger partial charge in [0, 0.05) is 27.2 Å². The minimum absolute atomic E-state index is 0.790. The summed E-state index contributed by atoms with van der Waals surface area (Å²) >= 11 is 10.8. The molecular formula is C10H15BrClNS. The number of nitrogens with one attached hydrogen (secondary N) is 1. The van der Waals surface area contributed by atoms with E-state index in [-0.39, 0.29) is 0 Å². The highest BCUT2D eigenvalue weighted by molar-refractivity contribution is 9.10. The summed E-state index contributed by atoms with van der Waals surface area (Å²) in [7, 11) is 0. The predicted molar refractivity (Wildman–Crippen MR) is 68.3 cm³/mol. The van der Waals surface area contributed by atoms with Crippen LogP contribution < -0.4 is 5.32 Å². The second-order valence-corrected chi connectivity index (χ2v) is 5.45. The molecule has 14 heavy (non-hydrogen) atoms. The van der Waals surface area contributed by atoms with Crippen LogP contribution in [0.3, 0.4) is 0 Å². The van der Waals surface area contributed by atoms with Crippen LogP contribution in [0.4, 0.5) is 0 Å². The Labute approximate surface area is 103 Å². The van der Waals surface area contributed by atoms with Gasteiger partial charge in [-0.05, 0) is 41.4 Å². The molecule has 0 aromatic carbocycles. The monoisotopic (exact) mass is 295 g/mol. The Morgan fingerprint density at radius 2 is 2.21 bits per heavy atom. The lowest BCUT2D eigenvalue weighted by Crippen LogP contribution is -2.13. The highest BCUT2D eigenvalue weighted by Crippen LogP contribution is 2.19. The first kappa shape index (κ1) is 12.5. The van der Waals surface area contributed by atoms with Crippen molar-refractivity contribution in [1.82, 2.24) is 5.32 Å². The van der Waals surface area contributed by atoms with Gasteiger partial charge in [0.25, 0.3) is 0 Å². The van der Waals surface area contributed by atoms with Gasteiger partial charge in [-0.15, -0.1) is 22.9 Å². The Morgan fingerprint density at radius 3 is 2.86 bits per heavy atom. The molecule has 1 aromatic rings. The van der Waals surface area contributed by atoms with Crippen LogP contribution in [-0.2, 0) is 6.54 Å². The van der Waals surface area contributed by atoms with Crippen LogP contribution in [-0.4, -0.2) is 12.4 Å². The van der Waals surface area contributed by atoms with Crippen molar-refractivity contribution in [3.63, 3.8) is 0 Å². The molecule has 0 saturated carbocycles. The molecular weight excluding hydrogens is 282 g/mol. The van der Waals surface area contributed by atoms with Crippen LogP contribution in [0.25, 0.3) is 0 Å². The van der Waals surface area contributed by atoms with Crippen LogP contribution in [0.5, 0.6) is 0 Å². The summed E-state index contributed by atoms with van der Waals surface area (Å²) in [6.45, 7) is 2.07. The first-order valence-corrected chi connectivity index (χ1v) is 7.03. The fourth-order valence-electron chi connectivity index (χ4n) is 1.18. The second-order valence-electron chi connectivity index (χ2n) is 3.16. The second kappa shape index (κ2) is 7.69. The first-order chi connectivity index (χ1) is 6.83. The maximum absolute atomic E-state index is 5.59. The van der Waals surface area contributed by atoms with Crippen LogP contribution in [0.15, 0.2) is 15.9 Å². The topological polar surface area (TPSA) is 12.0 Å². The summed E-state index contributed by atoms with van der Waals surface area (Å²) in [6, 6.07) is 2.16. The van der Waals surface area contributed by atoms with Crippen LogP contribution >= 0.6 is 38.9 Å². The van der Waals surface area contributed by atoms with E-state index in [4.69, 9.17) is 11.6 Å². The van der Waals surface area contributed by atoms with Crippen molar-refractivity contribution in [2.24, 2.45) is 0 Å². The largest absolute Gasteiger partial charge is 0.312 e. The minimum atomic E-state index is 0.790. The Bertz CT molecular complexity index is 252. The molecule has 0 amide bonds. The summed E-state index contributed by atoms with van der Waals surface area (Å²) in [5.41, 5.74) is 0. The molecule has 0 fully saturated rings. The first-order valence-electron chi connectivity index (χ1n) is 4.82. The predicted octanol–water partition coefficient (Wildman–Crippen LogP) is 4.01. The number of unbranched alkanes of at least 4 members (excludes halogenated alkanes) is 2. The van der Waals surface area contributed by atoms with Gasteiger partial charge in [0.15, 0.2) is 0 Å². The standard InChI is InChI=1S/C10H15BrClNS/c11-9-6-10(14-8-9)7-13-5-3-1-2-4-12/h6,8,13H,1-5,7H2. The molecule has 0 radical (unpaired) electrons. The normalized spacial score (nSPS) is 10.7. The zero-order valence-corrected chi connectivity index (χ0v) is 11.2. The lowest BCUT2D eigenvalue weighted by atomic mass is 10.2. The Balaban J connectivity index is 1.99. The van der Waals surface area contributed by atoms with Gasteiger partial charge in [0.1, 0.15) is 0 Å². The molecule has 0 unspecified atom stereocenters. The molecule has 1 aromatic heterocycles. The smallest absolute Gasteiger partial charge is 0.0300 e. The van der Waals surface area contributed by atoms with Gasteiger partial charge in [-0.1, -0.05) is 6.42 Å². The summed E-state index contributed by atoms with van der Waals surface area (Å²) in [6.07, 6.45) is 3.58. The number of halogens is 2. The summed E-state index contributed by atoms with van der Waals surface area (Å²) in [5.74, 6) is 0.790. The fourth-order valence-corrected chi connectivity index (χ4v) is 2.79. The van der Waals surface area contributed by atoms with Gasteiger partial charge < -0.3 is 5.32 Å². The molecule has 0 aliphatic carbocycles. The number of rotatable bonds is 7. The highest BCUT2D eigenvalue weighted by Gasteiger charge is 1.96. The summed E-state index contributed by atoms with van der Waals surface area (Å²) in [4.78, 5) is 1.38. The van der Waals surface area contributed by atoms with E-state index in [0.29, 0.717) is 0 Å². The van der Waals surface area contributed by atoms with Crippen molar-refractivity contribution in [2.75, 3.05) is 12.4 Å². The van der Waals surface area contributed by atoms with E-state index in [0.717, 1.165) is 25.4 Å². The van der Waals surface area contributed by atoms with E-state index in [1.807, 2.05) is 0 Å². The van der Waals surface area contributed by atoms with Gasteiger partial charge in [0.05, 0.1) is 0 Å². The molecule has 1 N–H and O–H groups in total. The zero-order chi connectivity index (χ0) is 10.2. The van der Waals surface area contributed by atoms with Crippen molar-refractivity contribution < 1.29 is 0 Å². The average molecular weight is 297 g/mol. The van der Waals surface area contributed by atoms with Gasteiger partial charge in [-0.2, -0.15) is 0 Å². The molecule has 0 aliphatic heterocycles. The number of alkyl halides is 1. The van der Waals surface area contributed by atoms with Crippen molar-refractivity contribution in [3.05, 3.63) is 20.8 Å². The maximum atomic E-state index is 5.59. The van der Waals surface area contributed by atoms with E-state index in [9.17, 15) is 0 Å². The SMILES string of the molecule is ClCCCCCNCc1cc(Br)cs1. The molecule has 0 spiro atoms. The zero-order valence-electron chi connectivity index (χ0n) is 8.06. The third kappa shape index (κ3) is 5.35.